The quantitative estimate of drug-likeness (QED) is 0.857. The van der Waals surface area contributed by atoms with Gasteiger partial charge >= 0.3 is 0 Å². The van der Waals surface area contributed by atoms with Crippen molar-refractivity contribution in [1.82, 2.24) is 9.55 Å². The van der Waals surface area contributed by atoms with E-state index in [9.17, 15) is 4.79 Å². The number of aryl methyl sites for hydroxylation is 2. The Hall–Kier alpha value is -1.02. The minimum Gasteiger partial charge on any atom is -0.382 e. The summed E-state index contributed by atoms with van der Waals surface area (Å²) in [5.41, 5.74) is 1.20. The molecule has 1 aliphatic rings. The summed E-state index contributed by atoms with van der Waals surface area (Å²) in [5.74, 6) is 0. The molecular formula is C14H18N2O3S2. The molecule has 7 heteroatoms. The van der Waals surface area contributed by atoms with Gasteiger partial charge < -0.3 is 14.5 Å². The van der Waals surface area contributed by atoms with Crippen LogP contribution in [0.15, 0.2) is 4.79 Å². The number of aromatic amines is 1. The van der Waals surface area contributed by atoms with Gasteiger partial charge in [0.1, 0.15) is 4.83 Å². The number of hydrogen-bond acceptors (Lipinski definition) is 5. The number of H-pyrrole nitrogens is 1. The van der Waals surface area contributed by atoms with Crippen LogP contribution in [0.1, 0.15) is 16.9 Å². The molecule has 2 heterocycles. The smallest absolute Gasteiger partial charge is 0.263 e. The van der Waals surface area contributed by atoms with Crippen LogP contribution in [0.2, 0.25) is 0 Å². The van der Waals surface area contributed by atoms with Gasteiger partial charge in [0.15, 0.2) is 4.77 Å². The highest BCUT2D eigenvalue weighted by Gasteiger charge is 2.22. The number of fused-ring (bicyclic) bond motifs is 3. The van der Waals surface area contributed by atoms with E-state index in [0.29, 0.717) is 17.9 Å². The number of nitrogens with zero attached hydrogens (tertiary/aromatic N) is 1. The third kappa shape index (κ3) is 2.59. The van der Waals surface area contributed by atoms with Gasteiger partial charge in [-0.1, -0.05) is 0 Å². The molecule has 0 bridgehead atoms. The second-order valence-corrected chi connectivity index (χ2v) is 6.71. The van der Waals surface area contributed by atoms with Gasteiger partial charge in [-0.2, -0.15) is 0 Å². The van der Waals surface area contributed by atoms with Crippen LogP contribution in [0.25, 0.3) is 10.2 Å². The van der Waals surface area contributed by atoms with Crippen molar-refractivity contribution < 1.29 is 9.47 Å². The molecule has 0 saturated heterocycles. The maximum atomic E-state index is 12.8. The molecule has 0 radical (unpaired) electrons. The summed E-state index contributed by atoms with van der Waals surface area (Å²) in [6.07, 6.45) is 3.00. The lowest BCUT2D eigenvalue weighted by Gasteiger charge is -2.16. The molecule has 0 fully saturated rings. The van der Waals surface area contributed by atoms with Crippen LogP contribution in [-0.4, -0.2) is 36.5 Å². The first kappa shape index (κ1) is 14.9. The molecule has 114 valence electrons. The van der Waals surface area contributed by atoms with E-state index >= 15 is 0 Å². The Balaban J connectivity index is 2.10. The lowest BCUT2D eigenvalue weighted by molar-refractivity contribution is 0.0175. The molecule has 5 nitrogen and oxygen atoms in total. The van der Waals surface area contributed by atoms with Gasteiger partial charge in [0.25, 0.3) is 5.56 Å². The highest BCUT2D eigenvalue weighted by atomic mass is 32.1. The maximum absolute atomic E-state index is 12.8. The average Bonchev–Trinajstić information content (AvgIpc) is 3.02. The normalized spacial score (nSPS) is 15.5. The standard InChI is InChI=1S/C14H18N2O3S2/c1-18-7-8(19-2)6-16-13(17)11-9-4-3-5-10(9)21-12(11)15-14(16)20/h8H,3-7H2,1-2H3,(H,15,20). The van der Waals surface area contributed by atoms with Crippen molar-refractivity contribution in [2.75, 3.05) is 20.8 Å². The van der Waals surface area contributed by atoms with E-state index in [1.165, 1.54) is 10.4 Å². The van der Waals surface area contributed by atoms with Crippen molar-refractivity contribution >= 4 is 33.8 Å². The number of ether oxygens (including phenoxy) is 2. The van der Waals surface area contributed by atoms with E-state index in [4.69, 9.17) is 21.7 Å². The van der Waals surface area contributed by atoms with Crippen LogP contribution in [0.4, 0.5) is 0 Å². The summed E-state index contributed by atoms with van der Waals surface area (Å²) in [5, 5.41) is 0.813. The van der Waals surface area contributed by atoms with Crippen LogP contribution in [-0.2, 0) is 28.9 Å². The number of hydrogen-bond donors (Lipinski definition) is 1. The van der Waals surface area contributed by atoms with E-state index in [-0.39, 0.29) is 11.7 Å². The fraction of sp³-hybridized carbons (Fsp3) is 0.571. The van der Waals surface area contributed by atoms with E-state index in [0.717, 1.165) is 29.5 Å². The summed E-state index contributed by atoms with van der Waals surface area (Å²) in [6.45, 7) is 0.830. The molecule has 0 saturated carbocycles. The van der Waals surface area contributed by atoms with Gasteiger partial charge in [-0.05, 0) is 37.0 Å². The lowest BCUT2D eigenvalue weighted by Crippen LogP contribution is -2.31. The summed E-state index contributed by atoms with van der Waals surface area (Å²) < 4.78 is 12.5. The summed E-state index contributed by atoms with van der Waals surface area (Å²) in [7, 11) is 3.23. The summed E-state index contributed by atoms with van der Waals surface area (Å²) >= 11 is 7.01. The Morgan fingerprint density at radius 1 is 1.43 bits per heavy atom. The zero-order chi connectivity index (χ0) is 15.0. The van der Waals surface area contributed by atoms with Gasteiger partial charge in [0.05, 0.1) is 24.6 Å². The van der Waals surface area contributed by atoms with Crippen LogP contribution in [0, 0.1) is 4.77 Å². The van der Waals surface area contributed by atoms with Crippen molar-refractivity contribution in [2.24, 2.45) is 0 Å². The minimum absolute atomic E-state index is 0.00805. The van der Waals surface area contributed by atoms with Crippen molar-refractivity contribution in [2.45, 2.75) is 31.9 Å². The molecule has 0 aromatic carbocycles. The van der Waals surface area contributed by atoms with Crippen LogP contribution in [0.5, 0.6) is 0 Å². The molecule has 2 aromatic heterocycles. The first-order chi connectivity index (χ1) is 10.2. The molecular weight excluding hydrogens is 308 g/mol. The van der Waals surface area contributed by atoms with Gasteiger partial charge in [0.2, 0.25) is 0 Å². The number of rotatable bonds is 5. The van der Waals surface area contributed by atoms with Crippen molar-refractivity contribution in [3.05, 3.63) is 25.6 Å². The molecule has 0 amide bonds. The average molecular weight is 326 g/mol. The van der Waals surface area contributed by atoms with Gasteiger partial charge in [-0.3, -0.25) is 9.36 Å². The summed E-state index contributed by atoms with van der Waals surface area (Å²) in [6, 6.07) is 0. The van der Waals surface area contributed by atoms with Crippen molar-refractivity contribution in [3.8, 4) is 0 Å². The lowest BCUT2D eigenvalue weighted by atomic mass is 10.2. The minimum atomic E-state index is -0.188. The maximum Gasteiger partial charge on any atom is 0.263 e. The van der Waals surface area contributed by atoms with Crippen LogP contribution in [0.3, 0.4) is 0 Å². The van der Waals surface area contributed by atoms with Crippen molar-refractivity contribution in [1.29, 1.82) is 0 Å². The van der Waals surface area contributed by atoms with E-state index in [1.807, 2.05) is 0 Å². The Labute approximate surface area is 131 Å². The Bertz CT molecular complexity index is 775. The van der Waals surface area contributed by atoms with E-state index in [2.05, 4.69) is 4.98 Å². The molecule has 1 aliphatic carbocycles. The highest BCUT2D eigenvalue weighted by molar-refractivity contribution is 7.71. The Morgan fingerprint density at radius 2 is 2.24 bits per heavy atom. The number of thiophene rings is 1. The third-order valence-corrected chi connectivity index (χ3v) is 5.45. The molecule has 1 atom stereocenters. The van der Waals surface area contributed by atoms with Crippen LogP contribution >= 0.6 is 23.6 Å². The Morgan fingerprint density at radius 3 is 2.95 bits per heavy atom. The molecule has 21 heavy (non-hydrogen) atoms. The number of nitrogens with one attached hydrogen (secondary N) is 1. The Kier molecular flexibility index (Phi) is 4.26. The van der Waals surface area contributed by atoms with E-state index < -0.39 is 0 Å². The van der Waals surface area contributed by atoms with Crippen molar-refractivity contribution in [3.63, 3.8) is 0 Å². The second-order valence-electron chi connectivity index (χ2n) is 5.22. The molecule has 0 spiro atoms. The van der Waals surface area contributed by atoms with Crippen LogP contribution < -0.4 is 5.56 Å². The first-order valence-electron chi connectivity index (χ1n) is 6.94. The zero-order valence-electron chi connectivity index (χ0n) is 12.1. The van der Waals surface area contributed by atoms with Gasteiger partial charge in [0, 0.05) is 19.1 Å². The van der Waals surface area contributed by atoms with E-state index in [1.54, 1.807) is 30.1 Å². The predicted octanol–water partition coefficient (Wildman–Crippen LogP) is 2.27. The largest absolute Gasteiger partial charge is 0.382 e. The fourth-order valence-electron chi connectivity index (χ4n) is 2.86. The molecule has 3 rings (SSSR count). The predicted molar refractivity (Wildman–Crippen MR) is 86.0 cm³/mol. The van der Waals surface area contributed by atoms with Gasteiger partial charge in [-0.15, -0.1) is 11.3 Å². The molecule has 1 unspecified atom stereocenters. The topological polar surface area (TPSA) is 56.2 Å². The van der Waals surface area contributed by atoms with Gasteiger partial charge in [-0.25, -0.2) is 0 Å². The number of methoxy groups -OCH3 is 2. The molecule has 2 aromatic rings. The monoisotopic (exact) mass is 326 g/mol. The SMILES string of the molecule is COCC(Cn1c(=S)[nH]c2sc3c(c2c1=O)CCC3)OC. The molecule has 1 N–H and O–H groups in total. The third-order valence-electron chi connectivity index (χ3n) is 3.92. The zero-order valence-corrected chi connectivity index (χ0v) is 13.7. The summed E-state index contributed by atoms with van der Waals surface area (Å²) in [4.78, 5) is 18.2. The highest BCUT2D eigenvalue weighted by Crippen LogP contribution is 2.34. The number of aromatic nitrogens is 2. The second kappa shape index (κ2) is 6.00. The first-order valence-corrected chi connectivity index (χ1v) is 8.17. The molecule has 0 aliphatic heterocycles. The fourth-order valence-corrected chi connectivity index (χ4v) is 4.47.